The van der Waals surface area contributed by atoms with Gasteiger partial charge in [0.1, 0.15) is 0 Å². The molecule has 8 heteroatoms. The minimum Gasteiger partial charge on any atom is -0.465 e. The number of benzene rings is 1. The molecule has 8 nitrogen and oxygen atoms in total. The van der Waals surface area contributed by atoms with Crippen molar-refractivity contribution in [2.45, 2.75) is 33.3 Å². The molecule has 1 aromatic heterocycles. The van der Waals surface area contributed by atoms with E-state index in [1.54, 1.807) is 26.8 Å². The minimum atomic E-state index is -1.48. The fraction of sp³-hybridized carbons (Fsp3) is 0.333. The number of aryl methyl sites for hydroxylation is 1. The summed E-state index contributed by atoms with van der Waals surface area (Å²) in [6.07, 6.45) is 0. The molecule has 0 aliphatic carbocycles. The van der Waals surface area contributed by atoms with Gasteiger partial charge in [-0.1, -0.05) is 30.3 Å². The van der Waals surface area contributed by atoms with Crippen LogP contribution >= 0.6 is 0 Å². The molecule has 1 amide bonds. The zero-order chi connectivity index (χ0) is 21.2. The normalized spacial score (nSPS) is 11.4. The van der Waals surface area contributed by atoms with Crippen LogP contribution < -0.4 is 5.48 Å². The van der Waals surface area contributed by atoms with Crippen molar-refractivity contribution in [2.24, 2.45) is 0 Å². The van der Waals surface area contributed by atoms with E-state index in [-0.39, 0.29) is 31.1 Å². The Hall–Kier alpha value is -3.26. The summed E-state index contributed by atoms with van der Waals surface area (Å²) in [5.41, 5.74) is 3.60. The first-order valence-corrected chi connectivity index (χ1v) is 9.24. The predicted octanol–water partition coefficient (Wildman–Crippen LogP) is 2.46. The van der Waals surface area contributed by atoms with E-state index in [4.69, 9.17) is 14.3 Å². The smallest absolute Gasteiger partial charge is 0.340 e. The maximum absolute atomic E-state index is 12.8. The molecule has 29 heavy (non-hydrogen) atoms. The van der Waals surface area contributed by atoms with Gasteiger partial charge in [0, 0.05) is 5.69 Å². The van der Waals surface area contributed by atoms with Gasteiger partial charge in [0.25, 0.3) is 5.91 Å². The number of hydrogen-bond acceptors (Lipinski definition) is 7. The summed E-state index contributed by atoms with van der Waals surface area (Å²) in [6, 6.07) is 12.3. The second-order valence-electron chi connectivity index (χ2n) is 6.03. The average molecular weight is 400 g/mol. The van der Waals surface area contributed by atoms with Crippen molar-refractivity contribution in [1.82, 2.24) is 10.5 Å². The van der Waals surface area contributed by atoms with Gasteiger partial charge in [0.2, 0.25) is 0 Å². The van der Waals surface area contributed by atoms with Gasteiger partial charge in [-0.3, -0.25) is 19.4 Å². The number of rotatable bonds is 9. The van der Waals surface area contributed by atoms with Gasteiger partial charge in [0.15, 0.2) is 5.92 Å². The number of pyridine rings is 1. The van der Waals surface area contributed by atoms with E-state index in [2.05, 4.69) is 10.5 Å². The number of amides is 1. The number of esters is 2. The Balaban J connectivity index is 2.28. The van der Waals surface area contributed by atoms with Gasteiger partial charge >= 0.3 is 11.9 Å². The second kappa shape index (κ2) is 10.9. The van der Waals surface area contributed by atoms with Crippen LogP contribution in [0.1, 0.15) is 47.1 Å². The quantitative estimate of drug-likeness (QED) is 0.392. The van der Waals surface area contributed by atoms with Crippen LogP contribution in [-0.4, -0.2) is 36.0 Å². The summed E-state index contributed by atoms with van der Waals surface area (Å²) in [5, 5.41) is 0. The van der Waals surface area contributed by atoms with Crippen LogP contribution in [0.2, 0.25) is 0 Å². The van der Waals surface area contributed by atoms with E-state index >= 15 is 0 Å². The highest BCUT2D eigenvalue weighted by atomic mass is 16.7. The standard InChI is InChI=1S/C21H24N2O6/c1-4-27-20(25)16-12-11-14(3)22-18(16)17(21(26)28-5-2)19(24)23-29-13-15-9-7-6-8-10-15/h6-12,17H,4-5,13H2,1-3H3,(H,23,24). The number of hydroxylamine groups is 1. The Morgan fingerprint density at radius 2 is 1.69 bits per heavy atom. The minimum absolute atomic E-state index is 0.0220. The number of carbonyl (C=O) groups excluding carboxylic acids is 3. The monoisotopic (exact) mass is 400 g/mol. The molecule has 0 aliphatic heterocycles. The molecule has 2 rings (SSSR count). The van der Waals surface area contributed by atoms with E-state index in [9.17, 15) is 14.4 Å². The molecule has 1 aromatic carbocycles. The maximum Gasteiger partial charge on any atom is 0.340 e. The molecular formula is C21H24N2O6. The molecule has 0 spiro atoms. The van der Waals surface area contributed by atoms with Crippen LogP contribution in [0.3, 0.4) is 0 Å². The lowest BCUT2D eigenvalue weighted by Gasteiger charge is -2.18. The van der Waals surface area contributed by atoms with Gasteiger partial charge in [-0.2, -0.15) is 0 Å². The van der Waals surface area contributed by atoms with Gasteiger partial charge in [-0.25, -0.2) is 10.3 Å². The third-order valence-electron chi connectivity index (χ3n) is 3.87. The fourth-order valence-electron chi connectivity index (χ4n) is 2.57. The summed E-state index contributed by atoms with van der Waals surface area (Å²) in [6.45, 7) is 5.27. The van der Waals surface area contributed by atoms with Gasteiger partial charge < -0.3 is 9.47 Å². The summed E-state index contributed by atoms with van der Waals surface area (Å²) in [4.78, 5) is 47.1. The Labute approximate surface area is 169 Å². The van der Waals surface area contributed by atoms with Crippen molar-refractivity contribution in [2.75, 3.05) is 13.2 Å². The average Bonchev–Trinajstić information content (AvgIpc) is 2.69. The molecule has 1 N–H and O–H groups in total. The largest absolute Gasteiger partial charge is 0.465 e. The molecule has 0 saturated heterocycles. The maximum atomic E-state index is 12.8. The van der Waals surface area contributed by atoms with Gasteiger partial charge in [0.05, 0.1) is 31.1 Å². The van der Waals surface area contributed by atoms with Crippen molar-refractivity contribution in [3.63, 3.8) is 0 Å². The van der Waals surface area contributed by atoms with Gasteiger partial charge in [-0.05, 0) is 38.5 Å². The second-order valence-corrected chi connectivity index (χ2v) is 6.03. The van der Waals surface area contributed by atoms with Crippen molar-refractivity contribution < 1.29 is 28.7 Å². The topological polar surface area (TPSA) is 104 Å². The van der Waals surface area contributed by atoms with Crippen LogP contribution in [0.25, 0.3) is 0 Å². The highest BCUT2D eigenvalue weighted by Crippen LogP contribution is 2.22. The number of nitrogens with zero attached hydrogens (tertiary/aromatic N) is 1. The molecular weight excluding hydrogens is 376 g/mol. The first-order chi connectivity index (χ1) is 14.0. The molecule has 0 bridgehead atoms. The van der Waals surface area contributed by atoms with Crippen LogP contribution in [0.15, 0.2) is 42.5 Å². The molecule has 0 radical (unpaired) electrons. The molecule has 1 atom stereocenters. The molecule has 2 aromatic rings. The number of nitrogens with one attached hydrogen (secondary N) is 1. The number of ether oxygens (including phenoxy) is 2. The SMILES string of the molecule is CCOC(=O)c1ccc(C)nc1C(C(=O)NOCc1ccccc1)C(=O)OCC. The van der Waals surface area contributed by atoms with Crippen molar-refractivity contribution in [1.29, 1.82) is 0 Å². The first-order valence-electron chi connectivity index (χ1n) is 9.24. The first kappa shape index (κ1) is 22.0. The highest BCUT2D eigenvalue weighted by Gasteiger charge is 2.35. The highest BCUT2D eigenvalue weighted by molar-refractivity contribution is 6.05. The summed E-state index contributed by atoms with van der Waals surface area (Å²) < 4.78 is 10.1. The molecule has 154 valence electrons. The van der Waals surface area contributed by atoms with Crippen LogP contribution in [-0.2, 0) is 30.5 Å². The Bertz CT molecular complexity index is 854. The van der Waals surface area contributed by atoms with E-state index in [1.807, 2.05) is 30.3 Å². The third kappa shape index (κ3) is 6.11. The van der Waals surface area contributed by atoms with E-state index < -0.39 is 23.8 Å². The van der Waals surface area contributed by atoms with E-state index in [0.717, 1.165) is 5.56 Å². The van der Waals surface area contributed by atoms with Gasteiger partial charge in [-0.15, -0.1) is 0 Å². The predicted molar refractivity (Wildman–Crippen MR) is 104 cm³/mol. The molecule has 1 heterocycles. The summed E-state index contributed by atoms with van der Waals surface area (Å²) in [5.74, 6) is -3.78. The molecule has 0 fully saturated rings. The van der Waals surface area contributed by atoms with E-state index in [0.29, 0.717) is 5.69 Å². The Morgan fingerprint density at radius 1 is 1.00 bits per heavy atom. The van der Waals surface area contributed by atoms with Crippen LogP contribution in [0.5, 0.6) is 0 Å². The van der Waals surface area contributed by atoms with Crippen molar-refractivity contribution >= 4 is 17.8 Å². The van der Waals surface area contributed by atoms with Crippen LogP contribution in [0.4, 0.5) is 0 Å². The number of carbonyl (C=O) groups is 3. The van der Waals surface area contributed by atoms with Crippen molar-refractivity contribution in [3.8, 4) is 0 Å². The molecule has 1 unspecified atom stereocenters. The third-order valence-corrected chi connectivity index (χ3v) is 3.87. The number of hydrogen-bond donors (Lipinski definition) is 1. The van der Waals surface area contributed by atoms with Crippen molar-refractivity contribution in [3.05, 3.63) is 65.0 Å². The molecule has 0 saturated carbocycles. The Morgan fingerprint density at radius 3 is 2.34 bits per heavy atom. The zero-order valence-corrected chi connectivity index (χ0v) is 16.6. The molecule has 0 aliphatic rings. The van der Waals surface area contributed by atoms with E-state index in [1.165, 1.54) is 6.07 Å². The zero-order valence-electron chi connectivity index (χ0n) is 16.6. The lowest BCUT2D eigenvalue weighted by molar-refractivity contribution is -0.152. The lowest BCUT2D eigenvalue weighted by Crippen LogP contribution is -2.36. The fourth-order valence-corrected chi connectivity index (χ4v) is 2.57. The van der Waals surface area contributed by atoms with Crippen LogP contribution in [0, 0.1) is 6.92 Å². The lowest BCUT2D eigenvalue weighted by atomic mass is 9.98. The summed E-state index contributed by atoms with van der Waals surface area (Å²) >= 11 is 0. The Kier molecular flexibility index (Phi) is 8.29. The number of aromatic nitrogens is 1. The summed E-state index contributed by atoms with van der Waals surface area (Å²) in [7, 11) is 0.